The molecule has 1 atom stereocenters. The highest BCUT2D eigenvalue weighted by atomic mass is 16.5. The molecule has 8 nitrogen and oxygen atoms in total. The summed E-state index contributed by atoms with van der Waals surface area (Å²) in [7, 11) is 1.55. The highest BCUT2D eigenvalue weighted by molar-refractivity contribution is 6.46. The molecule has 36 heavy (non-hydrogen) atoms. The Morgan fingerprint density at radius 2 is 1.83 bits per heavy atom. The molecular formula is C28H34N2O6. The van der Waals surface area contributed by atoms with Gasteiger partial charge in [-0.1, -0.05) is 48.6 Å². The highest BCUT2D eigenvalue weighted by Crippen LogP contribution is 2.41. The largest absolute Gasteiger partial charge is 0.872 e. The second-order valence-electron chi connectivity index (χ2n) is 9.21. The molecule has 0 bridgehead atoms. The van der Waals surface area contributed by atoms with Crippen LogP contribution in [-0.2, 0) is 14.3 Å². The molecule has 0 aliphatic carbocycles. The SMILES string of the molecule is CCCOc1ccc(C2C(=C([O-])c3ccc(C)cc3)C(=O)C(=O)N2CC[NH+]2CCOCC2)cc1OC. The smallest absolute Gasteiger partial charge is 0.295 e. The average molecular weight is 495 g/mol. The van der Waals surface area contributed by atoms with E-state index in [9.17, 15) is 14.7 Å². The summed E-state index contributed by atoms with van der Waals surface area (Å²) in [6.07, 6.45) is 0.844. The summed E-state index contributed by atoms with van der Waals surface area (Å²) in [4.78, 5) is 29.3. The number of nitrogens with zero attached hydrogens (tertiary/aromatic N) is 1. The lowest BCUT2D eigenvalue weighted by Gasteiger charge is -2.30. The van der Waals surface area contributed by atoms with E-state index in [2.05, 4.69) is 0 Å². The Balaban J connectivity index is 1.75. The summed E-state index contributed by atoms with van der Waals surface area (Å²) in [5.41, 5.74) is 2.01. The van der Waals surface area contributed by atoms with Crippen molar-refractivity contribution >= 4 is 17.4 Å². The third-order valence-electron chi connectivity index (χ3n) is 6.71. The fraction of sp³-hybridized carbons (Fsp3) is 0.429. The van der Waals surface area contributed by atoms with Crippen molar-refractivity contribution in [3.63, 3.8) is 0 Å². The maximum atomic E-state index is 13.6. The van der Waals surface area contributed by atoms with Gasteiger partial charge in [0.1, 0.15) is 13.1 Å². The van der Waals surface area contributed by atoms with Crippen LogP contribution in [-0.4, -0.2) is 69.7 Å². The number of ether oxygens (including phenoxy) is 3. The van der Waals surface area contributed by atoms with Gasteiger partial charge in [-0.3, -0.25) is 9.59 Å². The molecule has 2 heterocycles. The number of methoxy groups -OCH3 is 1. The first-order valence-electron chi connectivity index (χ1n) is 12.5. The molecule has 0 radical (unpaired) electrons. The van der Waals surface area contributed by atoms with Crippen LogP contribution in [0, 0.1) is 6.92 Å². The molecule has 2 aromatic rings. The number of likely N-dealkylation sites (tertiary alicyclic amines) is 1. The van der Waals surface area contributed by atoms with Gasteiger partial charge < -0.3 is 29.1 Å². The number of ketones is 1. The molecule has 0 aromatic heterocycles. The quantitative estimate of drug-likeness (QED) is 0.317. The number of benzene rings is 2. The van der Waals surface area contributed by atoms with Crippen molar-refractivity contribution in [3.8, 4) is 11.5 Å². The first-order chi connectivity index (χ1) is 17.4. The fourth-order valence-corrected chi connectivity index (χ4v) is 4.68. The number of morpholine rings is 1. The van der Waals surface area contributed by atoms with Crippen molar-refractivity contribution in [2.75, 3.05) is 53.1 Å². The number of hydrogen-bond donors (Lipinski definition) is 1. The molecule has 1 unspecified atom stereocenters. The summed E-state index contributed by atoms with van der Waals surface area (Å²) < 4.78 is 16.8. The number of hydrogen-bond acceptors (Lipinski definition) is 6. The Hall–Kier alpha value is -3.36. The average Bonchev–Trinajstić information content (AvgIpc) is 3.16. The Morgan fingerprint density at radius 1 is 1.11 bits per heavy atom. The van der Waals surface area contributed by atoms with E-state index in [0.29, 0.717) is 55.5 Å². The van der Waals surface area contributed by atoms with Gasteiger partial charge in [0.2, 0.25) is 5.78 Å². The van der Waals surface area contributed by atoms with Crippen LogP contribution >= 0.6 is 0 Å². The number of Topliss-reactive ketones (excluding diaryl/α,β-unsaturated/α-hetero) is 1. The second kappa shape index (κ2) is 11.6. The summed E-state index contributed by atoms with van der Waals surface area (Å²) in [5, 5.41) is 13.6. The normalized spacial score (nSPS) is 20.1. The molecule has 2 aromatic carbocycles. The van der Waals surface area contributed by atoms with Crippen LogP contribution < -0.4 is 19.5 Å². The number of carbonyl (C=O) groups excluding carboxylic acids is 2. The Kier molecular flexibility index (Phi) is 8.28. The van der Waals surface area contributed by atoms with Crippen LogP contribution in [0.15, 0.2) is 48.0 Å². The van der Waals surface area contributed by atoms with Crippen molar-refractivity contribution < 1.29 is 33.8 Å². The lowest BCUT2D eigenvalue weighted by atomic mass is 9.94. The van der Waals surface area contributed by atoms with Gasteiger partial charge in [-0.05, 0) is 36.6 Å². The summed E-state index contributed by atoms with van der Waals surface area (Å²) >= 11 is 0. The van der Waals surface area contributed by atoms with E-state index in [0.717, 1.165) is 25.1 Å². The van der Waals surface area contributed by atoms with Gasteiger partial charge in [-0.25, -0.2) is 0 Å². The van der Waals surface area contributed by atoms with Crippen LogP contribution in [0.2, 0.25) is 0 Å². The molecule has 8 heteroatoms. The zero-order chi connectivity index (χ0) is 25.7. The minimum Gasteiger partial charge on any atom is -0.872 e. The lowest BCUT2D eigenvalue weighted by Crippen LogP contribution is -3.14. The summed E-state index contributed by atoms with van der Waals surface area (Å²) in [6, 6.07) is 11.6. The molecular weight excluding hydrogens is 460 g/mol. The summed E-state index contributed by atoms with van der Waals surface area (Å²) in [6.45, 7) is 8.53. The molecule has 0 spiro atoms. The Labute approximate surface area is 212 Å². The van der Waals surface area contributed by atoms with Crippen LogP contribution in [0.1, 0.15) is 36.1 Å². The van der Waals surface area contributed by atoms with E-state index >= 15 is 0 Å². The van der Waals surface area contributed by atoms with Crippen molar-refractivity contribution in [1.82, 2.24) is 4.90 Å². The topological polar surface area (TPSA) is 92.6 Å². The zero-order valence-corrected chi connectivity index (χ0v) is 21.2. The Morgan fingerprint density at radius 3 is 2.50 bits per heavy atom. The molecule has 1 amide bonds. The van der Waals surface area contributed by atoms with E-state index < -0.39 is 23.5 Å². The summed E-state index contributed by atoms with van der Waals surface area (Å²) in [5.74, 6) is -0.741. The van der Waals surface area contributed by atoms with Crippen molar-refractivity contribution in [3.05, 3.63) is 64.7 Å². The molecule has 2 aliphatic heterocycles. The van der Waals surface area contributed by atoms with Crippen molar-refractivity contribution in [2.45, 2.75) is 26.3 Å². The molecule has 2 aliphatic rings. The van der Waals surface area contributed by atoms with Crippen LogP contribution in [0.3, 0.4) is 0 Å². The zero-order valence-electron chi connectivity index (χ0n) is 21.2. The third kappa shape index (κ3) is 5.39. The van der Waals surface area contributed by atoms with Gasteiger partial charge in [0.05, 0.1) is 46.1 Å². The molecule has 4 rings (SSSR count). The van der Waals surface area contributed by atoms with E-state index in [1.165, 1.54) is 9.80 Å². The fourth-order valence-electron chi connectivity index (χ4n) is 4.68. The Bertz CT molecular complexity index is 1120. The van der Waals surface area contributed by atoms with Gasteiger partial charge >= 0.3 is 0 Å². The number of rotatable bonds is 9. The predicted octanol–water partition coefficient (Wildman–Crippen LogP) is 0.932. The molecule has 192 valence electrons. The molecule has 2 saturated heterocycles. The maximum absolute atomic E-state index is 13.6. The van der Waals surface area contributed by atoms with E-state index in [4.69, 9.17) is 14.2 Å². The molecule has 1 N–H and O–H groups in total. The van der Waals surface area contributed by atoms with Crippen molar-refractivity contribution in [1.29, 1.82) is 0 Å². The number of nitrogens with one attached hydrogen (secondary N) is 1. The van der Waals surface area contributed by atoms with E-state index in [1.54, 1.807) is 37.4 Å². The standard InChI is InChI=1S/C28H34N2O6/c1-4-15-36-22-10-9-21(18-23(22)34-3)25-24(26(31)20-7-5-19(2)6-8-20)27(32)28(33)30(25)12-11-29-13-16-35-17-14-29/h5-10,18,25,31H,4,11-17H2,1-3H3. The van der Waals surface area contributed by atoms with Gasteiger partial charge in [0.25, 0.3) is 5.91 Å². The van der Waals surface area contributed by atoms with Gasteiger partial charge in [0.15, 0.2) is 11.5 Å². The molecule has 0 saturated carbocycles. The maximum Gasteiger partial charge on any atom is 0.295 e. The van der Waals surface area contributed by atoms with Gasteiger partial charge in [0, 0.05) is 5.57 Å². The van der Waals surface area contributed by atoms with Gasteiger partial charge in [-0.15, -0.1) is 0 Å². The monoisotopic (exact) mass is 494 g/mol. The molecule has 2 fully saturated rings. The van der Waals surface area contributed by atoms with Gasteiger partial charge in [-0.2, -0.15) is 0 Å². The van der Waals surface area contributed by atoms with E-state index in [-0.39, 0.29) is 5.57 Å². The van der Waals surface area contributed by atoms with E-state index in [1.807, 2.05) is 26.0 Å². The predicted molar refractivity (Wildman–Crippen MR) is 133 cm³/mol. The highest BCUT2D eigenvalue weighted by Gasteiger charge is 2.44. The third-order valence-corrected chi connectivity index (χ3v) is 6.71. The lowest BCUT2D eigenvalue weighted by molar-refractivity contribution is -0.907. The number of aryl methyl sites for hydroxylation is 1. The first kappa shape index (κ1) is 25.7. The minimum atomic E-state index is -0.798. The van der Waals surface area contributed by atoms with Crippen LogP contribution in [0.25, 0.3) is 5.76 Å². The van der Waals surface area contributed by atoms with Crippen molar-refractivity contribution in [2.24, 2.45) is 0 Å². The minimum absolute atomic E-state index is 0.0230. The number of quaternary nitrogens is 1. The van der Waals surface area contributed by atoms with Crippen LogP contribution in [0.4, 0.5) is 0 Å². The number of carbonyl (C=O) groups is 2. The van der Waals surface area contributed by atoms with Crippen LogP contribution in [0.5, 0.6) is 11.5 Å². The second-order valence-corrected chi connectivity index (χ2v) is 9.21. The first-order valence-corrected chi connectivity index (χ1v) is 12.5. The number of amides is 1.